The molecule has 1 atom stereocenters. The Bertz CT molecular complexity index is 1360. The number of anilines is 1. The quantitative estimate of drug-likeness (QED) is 0.405. The molecular weight excluding hydrogens is 433 g/mol. The lowest BCUT2D eigenvalue weighted by molar-refractivity contribution is 0.193. The molecule has 4 aromatic rings. The minimum atomic E-state index is -0.352. The Labute approximate surface area is 197 Å². The van der Waals surface area contributed by atoms with Crippen LogP contribution in [0.4, 0.5) is 14.9 Å². The van der Waals surface area contributed by atoms with Gasteiger partial charge in [-0.2, -0.15) is 0 Å². The highest BCUT2D eigenvalue weighted by Crippen LogP contribution is 2.40. The Morgan fingerprint density at radius 3 is 2.47 bits per heavy atom. The van der Waals surface area contributed by atoms with Crippen molar-refractivity contribution in [3.8, 4) is 11.5 Å². The molecular formula is C27H26FN3O3. The Morgan fingerprint density at radius 2 is 1.76 bits per heavy atom. The molecule has 2 heterocycles. The van der Waals surface area contributed by atoms with Gasteiger partial charge in [-0.05, 0) is 72.5 Å². The van der Waals surface area contributed by atoms with Crippen molar-refractivity contribution in [2.45, 2.75) is 19.4 Å². The largest absolute Gasteiger partial charge is 0.497 e. The molecule has 1 aliphatic rings. The second kappa shape index (κ2) is 8.74. The molecule has 2 N–H and O–H groups in total. The number of amides is 2. The Balaban J connectivity index is 1.57. The van der Waals surface area contributed by atoms with E-state index < -0.39 is 0 Å². The maximum absolute atomic E-state index is 14.1. The summed E-state index contributed by atoms with van der Waals surface area (Å²) in [6, 6.07) is 17.7. The second-order valence-electron chi connectivity index (χ2n) is 8.44. The number of aromatic nitrogens is 1. The van der Waals surface area contributed by atoms with Gasteiger partial charge in [-0.15, -0.1) is 0 Å². The third-order valence-electron chi connectivity index (χ3n) is 6.45. The molecule has 0 radical (unpaired) electrons. The summed E-state index contributed by atoms with van der Waals surface area (Å²) >= 11 is 0. The predicted octanol–water partition coefficient (Wildman–Crippen LogP) is 5.81. The molecule has 3 aromatic carbocycles. The van der Waals surface area contributed by atoms with E-state index in [-0.39, 0.29) is 17.9 Å². The van der Waals surface area contributed by atoms with Crippen LogP contribution in [0.5, 0.6) is 11.5 Å². The zero-order chi connectivity index (χ0) is 23.8. The summed E-state index contributed by atoms with van der Waals surface area (Å²) in [4.78, 5) is 18.8. The third-order valence-corrected chi connectivity index (χ3v) is 6.45. The van der Waals surface area contributed by atoms with Gasteiger partial charge >= 0.3 is 6.03 Å². The minimum Gasteiger partial charge on any atom is -0.497 e. The number of hydrogen-bond acceptors (Lipinski definition) is 3. The summed E-state index contributed by atoms with van der Waals surface area (Å²) < 4.78 is 24.8. The number of fused-ring (bicyclic) bond motifs is 3. The number of rotatable bonds is 4. The SMILES string of the molecule is COc1ccc([C@H]2c3[nH]c4ccc(OC)cc4c3CCN2C(=O)Nc2ccc(C)c(F)c2)cc1. The first kappa shape index (κ1) is 21.8. The van der Waals surface area contributed by atoms with Gasteiger partial charge in [-0.25, -0.2) is 9.18 Å². The van der Waals surface area contributed by atoms with Gasteiger partial charge in [0.2, 0.25) is 0 Å². The van der Waals surface area contributed by atoms with Crippen LogP contribution >= 0.6 is 0 Å². The van der Waals surface area contributed by atoms with Crippen molar-refractivity contribution in [2.24, 2.45) is 0 Å². The first-order valence-corrected chi connectivity index (χ1v) is 11.1. The Morgan fingerprint density at radius 1 is 1.03 bits per heavy atom. The van der Waals surface area contributed by atoms with Gasteiger partial charge in [-0.1, -0.05) is 18.2 Å². The number of nitrogens with zero attached hydrogens (tertiary/aromatic N) is 1. The van der Waals surface area contributed by atoms with Crippen molar-refractivity contribution in [1.82, 2.24) is 9.88 Å². The minimum absolute atomic E-state index is 0.286. The molecule has 2 amide bonds. The highest BCUT2D eigenvalue weighted by molar-refractivity contribution is 5.92. The van der Waals surface area contributed by atoms with Gasteiger partial charge in [0, 0.05) is 28.8 Å². The number of nitrogens with one attached hydrogen (secondary N) is 2. The number of aromatic amines is 1. The first-order chi connectivity index (χ1) is 16.5. The summed E-state index contributed by atoms with van der Waals surface area (Å²) in [6.07, 6.45) is 0.685. The lowest BCUT2D eigenvalue weighted by Gasteiger charge is -2.36. The van der Waals surface area contributed by atoms with Crippen LogP contribution in [0.3, 0.4) is 0 Å². The van der Waals surface area contributed by atoms with E-state index in [0.29, 0.717) is 24.2 Å². The number of methoxy groups -OCH3 is 2. The fraction of sp³-hybridized carbons (Fsp3) is 0.222. The molecule has 0 saturated carbocycles. The molecule has 0 aliphatic carbocycles. The van der Waals surface area contributed by atoms with E-state index in [0.717, 1.165) is 33.7 Å². The van der Waals surface area contributed by atoms with Crippen LogP contribution in [0.25, 0.3) is 10.9 Å². The number of benzene rings is 3. The number of urea groups is 1. The second-order valence-corrected chi connectivity index (χ2v) is 8.44. The first-order valence-electron chi connectivity index (χ1n) is 11.1. The third kappa shape index (κ3) is 3.83. The molecule has 0 bridgehead atoms. The molecule has 0 saturated heterocycles. The molecule has 1 aliphatic heterocycles. The van der Waals surface area contributed by atoms with Crippen LogP contribution < -0.4 is 14.8 Å². The molecule has 0 fully saturated rings. The Hall–Kier alpha value is -4.00. The van der Waals surface area contributed by atoms with Crippen LogP contribution in [-0.4, -0.2) is 36.7 Å². The van der Waals surface area contributed by atoms with Crippen molar-refractivity contribution in [1.29, 1.82) is 0 Å². The fourth-order valence-corrected chi connectivity index (χ4v) is 4.61. The normalized spacial score (nSPS) is 15.2. The maximum atomic E-state index is 14.1. The summed E-state index contributed by atoms with van der Waals surface area (Å²) in [6.45, 7) is 2.20. The average Bonchev–Trinajstić information content (AvgIpc) is 3.23. The smallest absolute Gasteiger partial charge is 0.322 e. The summed E-state index contributed by atoms with van der Waals surface area (Å²) in [5.74, 6) is 1.18. The summed E-state index contributed by atoms with van der Waals surface area (Å²) in [5, 5.41) is 3.96. The van der Waals surface area contributed by atoms with E-state index >= 15 is 0 Å². The zero-order valence-electron chi connectivity index (χ0n) is 19.3. The van der Waals surface area contributed by atoms with Gasteiger partial charge in [0.15, 0.2) is 0 Å². The standard InChI is InChI=1S/C27H26FN3O3/c1-16-4-7-18(14-23(16)28)29-27(32)31-13-12-21-22-15-20(34-3)10-11-24(22)30-25(21)26(31)17-5-8-19(33-2)9-6-17/h4-11,14-15,26,30H,12-13H2,1-3H3,(H,29,32)/t26-/m0/s1. The van der Waals surface area contributed by atoms with Crippen molar-refractivity contribution >= 4 is 22.6 Å². The van der Waals surface area contributed by atoms with Gasteiger partial charge in [0.1, 0.15) is 17.3 Å². The number of aryl methyl sites for hydroxylation is 1. The molecule has 0 spiro atoms. The number of hydrogen-bond donors (Lipinski definition) is 2. The van der Waals surface area contributed by atoms with E-state index in [1.54, 1.807) is 38.2 Å². The number of H-pyrrole nitrogens is 1. The van der Waals surface area contributed by atoms with Crippen LogP contribution in [0.2, 0.25) is 0 Å². The molecule has 1 aromatic heterocycles. The number of carbonyl (C=O) groups is 1. The molecule has 34 heavy (non-hydrogen) atoms. The van der Waals surface area contributed by atoms with E-state index in [9.17, 15) is 9.18 Å². The van der Waals surface area contributed by atoms with Crippen molar-refractivity contribution < 1.29 is 18.7 Å². The molecule has 7 heteroatoms. The van der Waals surface area contributed by atoms with E-state index in [1.165, 1.54) is 11.6 Å². The fourth-order valence-electron chi connectivity index (χ4n) is 4.61. The van der Waals surface area contributed by atoms with E-state index in [1.807, 2.05) is 42.5 Å². The van der Waals surface area contributed by atoms with Crippen molar-refractivity contribution in [3.05, 3.63) is 88.9 Å². The van der Waals surface area contributed by atoms with Crippen molar-refractivity contribution in [2.75, 3.05) is 26.1 Å². The zero-order valence-corrected chi connectivity index (χ0v) is 19.3. The highest BCUT2D eigenvalue weighted by Gasteiger charge is 2.34. The summed E-state index contributed by atoms with van der Waals surface area (Å²) in [5.41, 5.74) is 5.03. The Kier molecular flexibility index (Phi) is 5.61. The topological polar surface area (TPSA) is 66.6 Å². The van der Waals surface area contributed by atoms with Crippen LogP contribution in [0.1, 0.15) is 28.4 Å². The monoisotopic (exact) mass is 459 g/mol. The van der Waals surface area contributed by atoms with Gasteiger partial charge < -0.3 is 24.7 Å². The number of halogens is 1. The van der Waals surface area contributed by atoms with Crippen LogP contribution in [-0.2, 0) is 6.42 Å². The number of ether oxygens (including phenoxy) is 2. The van der Waals surface area contributed by atoms with E-state index in [4.69, 9.17) is 9.47 Å². The summed E-state index contributed by atoms with van der Waals surface area (Å²) in [7, 11) is 3.28. The lowest BCUT2D eigenvalue weighted by atomic mass is 9.92. The predicted molar refractivity (Wildman–Crippen MR) is 130 cm³/mol. The molecule has 5 rings (SSSR count). The van der Waals surface area contributed by atoms with E-state index in [2.05, 4.69) is 10.3 Å². The van der Waals surface area contributed by atoms with Crippen molar-refractivity contribution in [3.63, 3.8) is 0 Å². The number of carbonyl (C=O) groups excluding carboxylic acids is 1. The average molecular weight is 460 g/mol. The van der Waals surface area contributed by atoms with Gasteiger partial charge in [0.05, 0.1) is 20.3 Å². The molecule has 174 valence electrons. The maximum Gasteiger partial charge on any atom is 0.322 e. The van der Waals surface area contributed by atoms with Gasteiger partial charge in [-0.3, -0.25) is 0 Å². The molecule has 0 unspecified atom stereocenters. The van der Waals surface area contributed by atoms with Crippen LogP contribution in [0, 0.1) is 12.7 Å². The lowest BCUT2D eigenvalue weighted by Crippen LogP contribution is -2.43. The van der Waals surface area contributed by atoms with Gasteiger partial charge in [0.25, 0.3) is 0 Å². The van der Waals surface area contributed by atoms with Crippen LogP contribution in [0.15, 0.2) is 60.7 Å². The highest BCUT2D eigenvalue weighted by atomic mass is 19.1. The molecule has 6 nitrogen and oxygen atoms in total.